The van der Waals surface area contributed by atoms with E-state index in [2.05, 4.69) is 4.72 Å². The fourth-order valence-corrected chi connectivity index (χ4v) is 3.08. The van der Waals surface area contributed by atoms with Gasteiger partial charge in [0.1, 0.15) is 6.04 Å². The summed E-state index contributed by atoms with van der Waals surface area (Å²) in [5.41, 5.74) is -0.391. The third-order valence-electron chi connectivity index (χ3n) is 2.96. The van der Waals surface area contributed by atoms with Gasteiger partial charge in [-0.25, -0.2) is 8.42 Å². The van der Waals surface area contributed by atoms with Crippen molar-refractivity contribution in [1.82, 2.24) is 4.72 Å². The lowest BCUT2D eigenvalue weighted by molar-refractivity contribution is -0.141. The molecule has 1 atom stereocenters. The highest BCUT2D eigenvalue weighted by Gasteiger charge is 2.35. The largest absolute Gasteiger partial charge is 0.480 e. The van der Waals surface area contributed by atoms with E-state index >= 15 is 0 Å². The van der Waals surface area contributed by atoms with Crippen LogP contribution in [0.4, 0.5) is 0 Å². The quantitative estimate of drug-likeness (QED) is 0.805. The predicted octanol–water partition coefficient (Wildman–Crippen LogP) is 1.67. The van der Waals surface area contributed by atoms with Gasteiger partial charge in [-0.1, -0.05) is 32.9 Å². The average molecular weight is 313 g/mol. The van der Waals surface area contributed by atoms with E-state index in [1.165, 1.54) is 31.2 Å². The minimum atomic E-state index is -3.97. The molecule has 0 spiro atoms. The van der Waals surface area contributed by atoms with E-state index in [9.17, 15) is 18.0 Å². The van der Waals surface area contributed by atoms with Crippen LogP contribution in [0.5, 0.6) is 0 Å². The minimum absolute atomic E-state index is 0.0806. The maximum atomic E-state index is 12.2. The van der Waals surface area contributed by atoms with Gasteiger partial charge in [-0.3, -0.25) is 9.59 Å². The Morgan fingerprint density at radius 1 is 1.14 bits per heavy atom. The third kappa shape index (κ3) is 4.37. The first kappa shape index (κ1) is 17.3. The Morgan fingerprint density at radius 3 is 1.95 bits per heavy atom. The molecule has 0 saturated heterocycles. The molecule has 0 aromatic heterocycles. The minimum Gasteiger partial charge on any atom is -0.480 e. The predicted molar refractivity (Wildman–Crippen MR) is 77.6 cm³/mol. The van der Waals surface area contributed by atoms with Gasteiger partial charge in [-0.15, -0.1) is 0 Å². The van der Waals surface area contributed by atoms with Crippen molar-refractivity contribution in [3.63, 3.8) is 0 Å². The van der Waals surface area contributed by atoms with Gasteiger partial charge in [0.15, 0.2) is 5.78 Å². The highest BCUT2D eigenvalue weighted by molar-refractivity contribution is 7.89. The van der Waals surface area contributed by atoms with E-state index in [1.54, 1.807) is 20.8 Å². The number of Topliss-reactive ketones (excluding diaryl/α,β-unsaturated/α-hetero) is 1. The van der Waals surface area contributed by atoms with Crippen LogP contribution in [0.15, 0.2) is 29.2 Å². The second kappa shape index (κ2) is 5.95. The Bertz CT molecular complexity index is 641. The van der Waals surface area contributed by atoms with E-state index in [4.69, 9.17) is 5.11 Å². The molecule has 2 N–H and O–H groups in total. The first-order chi connectivity index (χ1) is 9.45. The Labute approximate surface area is 124 Å². The number of aliphatic carboxylic acids is 1. The summed E-state index contributed by atoms with van der Waals surface area (Å²) >= 11 is 0. The van der Waals surface area contributed by atoms with Crippen LogP contribution in [0.25, 0.3) is 0 Å². The number of hydrogen-bond donors (Lipinski definition) is 2. The number of carbonyl (C=O) groups excluding carboxylic acids is 1. The zero-order valence-electron chi connectivity index (χ0n) is 12.4. The van der Waals surface area contributed by atoms with E-state index < -0.39 is 27.4 Å². The highest BCUT2D eigenvalue weighted by Crippen LogP contribution is 2.22. The van der Waals surface area contributed by atoms with Gasteiger partial charge in [0.2, 0.25) is 10.0 Å². The van der Waals surface area contributed by atoms with E-state index in [0.717, 1.165) is 0 Å². The Balaban J connectivity index is 3.11. The van der Waals surface area contributed by atoms with Gasteiger partial charge in [0.05, 0.1) is 4.90 Å². The van der Waals surface area contributed by atoms with Gasteiger partial charge in [-0.05, 0) is 24.5 Å². The van der Waals surface area contributed by atoms with Gasteiger partial charge < -0.3 is 5.11 Å². The monoisotopic (exact) mass is 313 g/mol. The Hall–Kier alpha value is -1.73. The summed E-state index contributed by atoms with van der Waals surface area (Å²) in [4.78, 5) is 22.3. The normalized spacial score (nSPS) is 13.7. The maximum Gasteiger partial charge on any atom is 0.322 e. The van der Waals surface area contributed by atoms with Crippen molar-refractivity contribution >= 4 is 21.8 Å². The Morgan fingerprint density at radius 2 is 1.62 bits per heavy atom. The zero-order valence-corrected chi connectivity index (χ0v) is 13.2. The van der Waals surface area contributed by atoms with Crippen molar-refractivity contribution in [3.05, 3.63) is 29.8 Å². The van der Waals surface area contributed by atoms with Crippen molar-refractivity contribution in [2.45, 2.75) is 38.6 Å². The third-order valence-corrected chi connectivity index (χ3v) is 4.40. The van der Waals surface area contributed by atoms with Crippen LogP contribution in [0, 0.1) is 5.41 Å². The molecular formula is C14H19NO5S. The summed E-state index contributed by atoms with van der Waals surface area (Å²) in [6, 6.07) is 4.09. The molecule has 0 unspecified atom stereocenters. The summed E-state index contributed by atoms with van der Waals surface area (Å²) in [5.74, 6) is -1.42. The molecule has 6 nitrogen and oxygen atoms in total. The van der Waals surface area contributed by atoms with Crippen LogP contribution < -0.4 is 4.72 Å². The number of carbonyl (C=O) groups is 2. The molecule has 0 aliphatic carbocycles. The van der Waals surface area contributed by atoms with Gasteiger partial charge >= 0.3 is 5.97 Å². The van der Waals surface area contributed by atoms with E-state index in [1.807, 2.05) is 0 Å². The van der Waals surface area contributed by atoms with Crippen LogP contribution >= 0.6 is 0 Å². The molecule has 0 amide bonds. The van der Waals surface area contributed by atoms with Crippen LogP contribution in [0.1, 0.15) is 38.1 Å². The molecule has 0 saturated carbocycles. The van der Waals surface area contributed by atoms with Crippen LogP contribution in [0.3, 0.4) is 0 Å². The second-order valence-corrected chi connectivity index (χ2v) is 7.55. The van der Waals surface area contributed by atoms with Crippen LogP contribution in [-0.4, -0.2) is 31.3 Å². The van der Waals surface area contributed by atoms with Crippen molar-refractivity contribution in [2.24, 2.45) is 5.41 Å². The lowest BCUT2D eigenvalue weighted by Gasteiger charge is -2.27. The summed E-state index contributed by atoms with van der Waals surface area (Å²) in [7, 11) is -3.97. The molecule has 0 heterocycles. The van der Waals surface area contributed by atoms with Gasteiger partial charge in [0.25, 0.3) is 0 Å². The van der Waals surface area contributed by atoms with Crippen molar-refractivity contribution in [2.75, 3.05) is 0 Å². The first-order valence-electron chi connectivity index (χ1n) is 6.31. The molecule has 0 fully saturated rings. The highest BCUT2D eigenvalue weighted by atomic mass is 32.2. The molecule has 0 aliphatic rings. The summed E-state index contributed by atoms with van der Waals surface area (Å²) in [6.07, 6.45) is 0. The summed E-state index contributed by atoms with van der Waals surface area (Å²) in [5, 5.41) is 9.16. The number of benzene rings is 1. The first-order valence-corrected chi connectivity index (χ1v) is 7.79. The fraction of sp³-hybridized carbons (Fsp3) is 0.429. The van der Waals surface area contributed by atoms with E-state index in [0.29, 0.717) is 5.56 Å². The second-order valence-electron chi connectivity index (χ2n) is 5.84. The molecule has 0 radical (unpaired) electrons. The number of nitrogens with one attached hydrogen (secondary N) is 1. The topological polar surface area (TPSA) is 101 Å². The number of ketones is 1. The number of sulfonamides is 1. The van der Waals surface area contributed by atoms with Gasteiger partial charge in [-0.2, -0.15) is 4.72 Å². The fourth-order valence-electron chi connectivity index (χ4n) is 1.69. The molecule has 1 rings (SSSR count). The molecule has 116 valence electrons. The Kier molecular flexibility index (Phi) is 4.91. The standard InChI is InChI=1S/C14H19NO5S/c1-9(16)10-5-7-11(8-6-10)21(19,20)15-12(13(17)18)14(2,3)4/h5-8,12,15H,1-4H3,(H,17,18)/t12-/m1/s1. The van der Waals surface area contributed by atoms with Crippen LogP contribution in [0.2, 0.25) is 0 Å². The number of carboxylic acids is 1. The summed E-state index contributed by atoms with van der Waals surface area (Å²) in [6.45, 7) is 6.27. The molecule has 1 aromatic rings. The molecule has 21 heavy (non-hydrogen) atoms. The molecule has 7 heteroatoms. The smallest absolute Gasteiger partial charge is 0.322 e. The summed E-state index contributed by atoms with van der Waals surface area (Å²) < 4.78 is 26.6. The lowest BCUT2D eigenvalue weighted by atomic mass is 9.88. The van der Waals surface area contributed by atoms with Crippen molar-refractivity contribution < 1.29 is 23.1 Å². The van der Waals surface area contributed by atoms with Gasteiger partial charge in [0, 0.05) is 5.56 Å². The molecule has 0 bridgehead atoms. The number of carboxylic acid groups (broad SMARTS) is 1. The SMILES string of the molecule is CC(=O)c1ccc(S(=O)(=O)N[C@H](C(=O)O)C(C)(C)C)cc1. The zero-order chi connectivity index (χ0) is 16.4. The number of hydrogen-bond acceptors (Lipinski definition) is 4. The molecule has 1 aromatic carbocycles. The van der Waals surface area contributed by atoms with Crippen LogP contribution in [-0.2, 0) is 14.8 Å². The molecule has 0 aliphatic heterocycles. The molecular weight excluding hydrogens is 294 g/mol. The van der Waals surface area contributed by atoms with E-state index in [-0.39, 0.29) is 10.7 Å². The number of rotatable bonds is 5. The lowest BCUT2D eigenvalue weighted by Crippen LogP contribution is -2.48. The average Bonchev–Trinajstić information content (AvgIpc) is 2.34. The van der Waals surface area contributed by atoms with Crippen molar-refractivity contribution in [1.29, 1.82) is 0 Å². The maximum absolute atomic E-state index is 12.2. The van der Waals surface area contributed by atoms with Crippen molar-refractivity contribution in [3.8, 4) is 0 Å².